The van der Waals surface area contributed by atoms with Crippen molar-refractivity contribution in [2.75, 3.05) is 9.80 Å². The van der Waals surface area contributed by atoms with Crippen LogP contribution in [0.5, 0.6) is 0 Å². The topological polar surface area (TPSA) is 6.48 Å². The number of rotatable bonds is 3. The number of hydrogen-bond donors (Lipinski definition) is 0. The molecule has 61 heavy (non-hydrogen) atoms. The summed E-state index contributed by atoms with van der Waals surface area (Å²) in [5.74, 6) is 0. The highest BCUT2D eigenvalue weighted by Crippen LogP contribution is 2.53. The minimum Gasteiger partial charge on any atom is -0.311 e. The number of benzene rings is 7. The minimum absolute atomic E-state index is 0.000560. The summed E-state index contributed by atoms with van der Waals surface area (Å²) < 4.78 is 0. The largest absolute Gasteiger partial charge is 0.311 e. The fraction of sp³-hybridized carbons (Fsp3) is 0.276. The van der Waals surface area contributed by atoms with Crippen molar-refractivity contribution in [3.8, 4) is 22.3 Å². The molecular weight excluding hydrogens is 735 g/mol. The lowest BCUT2D eigenvalue weighted by Crippen LogP contribution is -2.61. The summed E-state index contributed by atoms with van der Waals surface area (Å²) in [4.78, 5) is 5.15. The van der Waals surface area contributed by atoms with Gasteiger partial charge in [0.2, 0.25) is 0 Å². The predicted molar refractivity (Wildman–Crippen MR) is 264 cm³/mol. The molecule has 2 heterocycles. The van der Waals surface area contributed by atoms with E-state index in [2.05, 4.69) is 232 Å². The van der Waals surface area contributed by atoms with Crippen molar-refractivity contribution < 1.29 is 0 Å². The first kappa shape index (κ1) is 39.3. The quantitative estimate of drug-likeness (QED) is 0.164. The molecule has 7 aromatic carbocycles. The molecule has 0 aromatic heterocycles. The normalized spacial score (nSPS) is 14.9. The van der Waals surface area contributed by atoms with Gasteiger partial charge in [0.25, 0.3) is 6.71 Å². The van der Waals surface area contributed by atoms with E-state index in [0.29, 0.717) is 0 Å². The third kappa shape index (κ3) is 6.13. The molecule has 0 fully saturated rings. The molecule has 2 nitrogen and oxygen atoms in total. The first-order chi connectivity index (χ1) is 28.8. The summed E-state index contributed by atoms with van der Waals surface area (Å²) in [6.07, 6.45) is 0. The summed E-state index contributed by atoms with van der Waals surface area (Å²) >= 11 is 0. The van der Waals surface area contributed by atoms with E-state index in [4.69, 9.17) is 0 Å². The van der Waals surface area contributed by atoms with Crippen LogP contribution in [0.4, 0.5) is 34.1 Å². The highest BCUT2D eigenvalue weighted by Gasteiger charge is 2.44. The molecule has 0 saturated heterocycles. The molecule has 3 aliphatic rings. The molecule has 2 aliphatic heterocycles. The maximum Gasteiger partial charge on any atom is 0.252 e. The average Bonchev–Trinajstić information content (AvgIpc) is 3.45. The first-order valence-corrected chi connectivity index (χ1v) is 22.3. The van der Waals surface area contributed by atoms with Gasteiger partial charge in [0.05, 0.1) is 0 Å². The summed E-state index contributed by atoms with van der Waals surface area (Å²) in [7, 11) is 0. The van der Waals surface area contributed by atoms with E-state index in [1.165, 1.54) is 106 Å². The molecule has 0 bridgehead atoms. The summed E-state index contributed by atoms with van der Waals surface area (Å²) in [6, 6.07) is 54.1. The lowest BCUT2D eigenvalue weighted by molar-refractivity contribution is 0.590. The van der Waals surface area contributed by atoms with Crippen LogP contribution >= 0.6 is 0 Å². The molecule has 304 valence electrons. The van der Waals surface area contributed by atoms with Crippen LogP contribution in [0.2, 0.25) is 0 Å². The van der Waals surface area contributed by atoms with E-state index in [1.54, 1.807) is 0 Å². The maximum atomic E-state index is 2.59. The summed E-state index contributed by atoms with van der Waals surface area (Å²) in [5, 5.41) is 0. The fourth-order valence-electron chi connectivity index (χ4n) is 10.5. The standard InChI is InChI=1S/C58H59BN2/c1-36-31-51-54-52(32-36)61(42-18-15-17-37(33-42)43-20-16-22-46-53(43)44-19-13-14-21-45(44)58(46,11)12)50-35-40(57(8,9)10)26-30-48(50)59(54)47-29-25-39(56(5,6)7)34-49(47)60(51)41-27-23-38(24-28-41)55(2,3)4/h13-35H,1-12H3. The van der Waals surface area contributed by atoms with E-state index in [-0.39, 0.29) is 28.4 Å². The third-order valence-corrected chi connectivity index (χ3v) is 14.0. The van der Waals surface area contributed by atoms with Crippen LogP contribution in [0.3, 0.4) is 0 Å². The molecule has 3 heteroatoms. The third-order valence-electron chi connectivity index (χ3n) is 14.0. The van der Waals surface area contributed by atoms with Gasteiger partial charge in [-0.3, -0.25) is 0 Å². The molecule has 0 atom stereocenters. The Morgan fingerprint density at radius 2 is 0.951 bits per heavy atom. The fourth-order valence-corrected chi connectivity index (χ4v) is 10.5. The van der Waals surface area contributed by atoms with E-state index in [1.807, 2.05) is 0 Å². The number of anilines is 6. The second kappa shape index (κ2) is 13.4. The van der Waals surface area contributed by atoms with Crippen LogP contribution in [-0.2, 0) is 21.7 Å². The van der Waals surface area contributed by atoms with Crippen molar-refractivity contribution in [1.82, 2.24) is 0 Å². The van der Waals surface area contributed by atoms with Crippen molar-refractivity contribution in [3.05, 3.63) is 173 Å². The van der Waals surface area contributed by atoms with Crippen LogP contribution in [0.25, 0.3) is 22.3 Å². The zero-order valence-corrected chi connectivity index (χ0v) is 38.3. The van der Waals surface area contributed by atoms with E-state index in [0.717, 1.165) is 0 Å². The van der Waals surface area contributed by atoms with Crippen molar-refractivity contribution in [1.29, 1.82) is 0 Å². The number of hydrogen-bond acceptors (Lipinski definition) is 2. The summed E-state index contributed by atoms with van der Waals surface area (Å²) in [5.41, 5.74) is 24.7. The predicted octanol–water partition coefficient (Wildman–Crippen LogP) is 13.9. The van der Waals surface area contributed by atoms with Crippen molar-refractivity contribution in [2.24, 2.45) is 0 Å². The molecule has 10 rings (SSSR count). The molecule has 0 N–H and O–H groups in total. The van der Waals surface area contributed by atoms with E-state index >= 15 is 0 Å². The second-order valence-electron chi connectivity index (χ2n) is 21.6. The van der Waals surface area contributed by atoms with Gasteiger partial charge in [-0.25, -0.2) is 0 Å². The van der Waals surface area contributed by atoms with Crippen LogP contribution in [0.15, 0.2) is 140 Å². The van der Waals surface area contributed by atoms with Gasteiger partial charge >= 0.3 is 0 Å². The van der Waals surface area contributed by atoms with Crippen molar-refractivity contribution in [3.63, 3.8) is 0 Å². The van der Waals surface area contributed by atoms with Crippen molar-refractivity contribution in [2.45, 2.75) is 105 Å². The molecule has 0 spiro atoms. The monoisotopic (exact) mass is 794 g/mol. The second-order valence-corrected chi connectivity index (χ2v) is 21.6. The number of fused-ring (bicyclic) bond motifs is 7. The molecule has 0 radical (unpaired) electrons. The Balaban J connectivity index is 1.24. The van der Waals surface area contributed by atoms with Gasteiger partial charge in [-0.05, 0) is 144 Å². The minimum atomic E-state index is -0.0623. The Morgan fingerprint density at radius 3 is 1.54 bits per heavy atom. The van der Waals surface area contributed by atoms with Crippen LogP contribution in [0.1, 0.15) is 110 Å². The molecule has 1 aliphatic carbocycles. The van der Waals surface area contributed by atoms with Gasteiger partial charge in [-0.2, -0.15) is 0 Å². The van der Waals surface area contributed by atoms with Gasteiger partial charge < -0.3 is 9.80 Å². The van der Waals surface area contributed by atoms with Gasteiger partial charge in [-0.1, -0.05) is 167 Å². The smallest absolute Gasteiger partial charge is 0.252 e. The highest BCUT2D eigenvalue weighted by molar-refractivity contribution is 7.00. The van der Waals surface area contributed by atoms with Gasteiger partial charge in [-0.15, -0.1) is 0 Å². The zero-order valence-electron chi connectivity index (χ0n) is 38.3. The maximum absolute atomic E-state index is 2.59. The lowest BCUT2D eigenvalue weighted by Gasteiger charge is -2.45. The molecule has 7 aromatic rings. The summed E-state index contributed by atoms with van der Waals surface area (Å²) in [6.45, 7) is 28.0. The molecular formula is C58H59BN2. The Morgan fingerprint density at radius 1 is 0.443 bits per heavy atom. The average molecular weight is 795 g/mol. The van der Waals surface area contributed by atoms with Gasteiger partial charge in [0, 0.05) is 39.5 Å². The highest BCUT2D eigenvalue weighted by atomic mass is 15.2. The first-order valence-electron chi connectivity index (χ1n) is 22.3. The van der Waals surface area contributed by atoms with E-state index in [9.17, 15) is 0 Å². The zero-order chi connectivity index (χ0) is 43.0. The van der Waals surface area contributed by atoms with Gasteiger partial charge in [0.1, 0.15) is 0 Å². The SMILES string of the molecule is Cc1cc2c3c(c1)N(c1cccc(-c4cccc5c4-c4ccccc4C5(C)C)c1)c1cc(C(C)(C)C)ccc1B3c1ccc(C(C)(C)C)cc1N2c1ccc(C(C)(C)C)cc1. The molecule has 0 amide bonds. The number of nitrogens with zero attached hydrogens (tertiary/aromatic N) is 2. The lowest BCUT2D eigenvalue weighted by atomic mass is 9.33. The van der Waals surface area contributed by atoms with E-state index < -0.39 is 0 Å². The van der Waals surface area contributed by atoms with Crippen LogP contribution < -0.4 is 26.2 Å². The van der Waals surface area contributed by atoms with Crippen LogP contribution in [-0.4, -0.2) is 6.71 Å². The van der Waals surface area contributed by atoms with Gasteiger partial charge in [0.15, 0.2) is 0 Å². The van der Waals surface area contributed by atoms with Crippen LogP contribution in [0, 0.1) is 6.92 Å². The van der Waals surface area contributed by atoms with Crippen molar-refractivity contribution >= 4 is 57.2 Å². The Hall–Kier alpha value is -5.80. The molecule has 0 saturated carbocycles. The Kier molecular flexibility index (Phi) is 8.61. The number of aryl methyl sites for hydroxylation is 1. The molecule has 0 unspecified atom stereocenters. The Labute approximate surface area is 365 Å². The Bertz CT molecular complexity index is 2910.